The first-order valence-corrected chi connectivity index (χ1v) is 8.04. The molecule has 0 fully saturated rings. The van der Waals surface area contributed by atoms with Crippen molar-refractivity contribution in [1.82, 2.24) is 0 Å². The molecule has 2 nitrogen and oxygen atoms in total. The lowest BCUT2D eigenvalue weighted by atomic mass is 9.95. The van der Waals surface area contributed by atoms with Gasteiger partial charge in [0.1, 0.15) is 11.6 Å². The summed E-state index contributed by atoms with van der Waals surface area (Å²) >= 11 is 0. The van der Waals surface area contributed by atoms with E-state index in [0.29, 0.717) is 25.0 Å². The van der Waals surface area contributed by atoms with Gasteiger partial charge in [0.25, 0.3) is 0 Å². The van der Waals surface area contributed by atoms with Crippen molar-refractivity contribution in [2.45, 2.75) is 18.8 Å². The molecule has 0 saturated carbocycles. The number of nitriles is 1. The van der Waals surface area contributed by atoms with Crippen LogP contribution >= 0.6 is 0 Å². The maximum Gasteiger partial charge on any atom is 0.127 e. The Kier molecular flexibility index (Phi) is 5.08. The van der Waals surface area contributed by atoms with Gasteiger partial charge in [-0.15, -0.1) is 0 Å². The predicted molar refractivity (Wildman–Crippen MR) is 93.4 cm³/mol. The van der Waals surface area contributed by atoms with Crippen LogP contribution in [-0.2, 0) is 0 Å². The highest BCUT2D eigenvalue weighted by atomic mass is 19.1. The van der Waals surface area contributed by atoms with Gasteiger partial charge in [-0.1, -0.05) is 54.6 Å². The summed E-state index contributed by atoms with van der Waals surface area (Å²) in [6.45, 7) is 0.501. The first kappa shape index (κ1) is 16.0. The number of nitrogens with zero attached hydrogens (tertiary/aromatic N) is 1. The van der Waals surface area contributed by atoms with E-state index in [-0.39, 0.29) is 5.82 Å². The minimum absolute atomic E-state index is 0.320. The normalized spacial score (nSPS) is 11.8. The molecule has 0 amide bonds. The van der Waals surface area contributed by atoms with Crippen molar-refractivity contribution in [1.29, 1.82) is 5.26 Å². The monoisotopic (exact) mass is 319 g/mol. The SMILES string of the molecule is N#CC(CCCOc1cccc2ccccc12)c1ccccc1F. The summed E-state index contributed by atoms with van der Waals surface area (Å²) in [5.74, 6) is 0.0776. The van der Waals surface area contributed by atoms with Crippen LogP contribution in [0.25, 0.3) is 10.8 Å². The van der Waals surface area contributed by atoms with Gasteiger partial charge >= 0.3 is 0 Å². The van der Waals surface area contributed by atoms with Crippen LogP contribution in [0.5, 0.6) is 5.75 Å². The van der Waals surface area contributed by atoms with Crippen LogP contribution in [0.2, 0.25) is 0 Å². The Hall–Kier alpha value is -2.86. The molecule has 0 aromatic heterocycles. The van der Waals surface area contributed by atoms with Crippen LogP contribution in [0, 0.1) is 17.1 Å². The Morgan fingerprint density at radius 1 is 0.958 bits per heavy atom. The van der Waals surface area contributed by atoms with Crippen LogP contribution in [0.15, 0.2) is 66.7 Å². The quantitative estimate of drug-likeness (QED) is 0.566. The summed E-state index contributed by atoms with van der Waals surface area (Å²) in [6.07, 6.45) is 1.26. The second kappa shape index (κ2) is 7.61. The molecule has 24 heavy (non-hydrogen) atoms. The lowest BCUT2D eigenvalue weighted by Gasteiger charge is -2.12. The standard InChI is InChI=1S/C21H18FNO/c22-20-12-4-3-10-18(20)17(15-23)9-6-14-24-21-13-5-8-16-7-1-2-11-19(16)21/h1-5,7-8,10-13,17H,6,9,14H2. The highest BCUT2D eigenvalue weighted by molar-refractivity contribution is 5.88. The fourth-order valence-electron chi connectivity index (χ4n) is 2.84. The minimum Gasteiger partial charge on any atom is -0.493 e. The van der Waals surface area contributed by atoms with Crippen molar-refractivity contribution in [3.05, 3.63) is 78.1 Å². The number of hydrogen-bond acceptors (Lipinski definition) is 2. The van der Waals surface area contributed by atoms with Gasteiger partial charge in [0.15, 0.2) is 0 Å². The molecule has 0 heterocycles. The molecule has 0 N–H and O–H groups in total. The smallest absolute Gasteiger partial charge is 0.127 e. The van der Waals surface area contributed by atoms with E-state index in [4.69, 9.17) is 4.74 Å². The van der Waals surface area contributed by atoms with Crippen LogP contribution in [0.1, 0.15) is 24.3 Å². The highest BCUT2D eigenvalue weighted by Gasteiger charge is 2.14. The summed E-state index contributed by atoms with van der Waals surface area (Å²) in [6, 6.07) is 22.7. The van der Waals surface area contributed by atoms with Crippen LogP contribution in [-0.4, -0.2) is 6.61 Å². The molecule has 120 valence electrons. The van der Waals surface area contributed by atoms with Gasteiger partial charge in [0.05, 0.1) is 18.6 Å². The van der Waals surface area contributed by atoms with E-state index in [1.54, 1.807) is 18.2 Å². The van der Waals surface area contributed by atoms with Crippen molar-refractivity contribution >= 4 is 10.8 Å². The zero-order valence-electron chi connectivity index (χ0n) is 13.3. The van der Waals surface area contributed by atoms with Gasteiger partial charge in [0.2, 0.25) is 0 Å². The Morgan fingerprint density at radius 3 is 2.54 bits per heavy atom. The molecule has 0 radical (unpaired) electrons. The molecule has 0 saturated heterocycles. The Labute approximate surface area is 141 Å². The fourth-order valence-corrected chi connectivity index (χ4v) is 2.84. The second-order valence-electron chi connectivity index (χ2n) is 5.67. The molecule has 1 unspecified atom stereocenters. The minimum atomic E-state index is -0.442. The summed E-state index contributed by atoms with van der Waals surface area (Å²) in [7, 11) is 0. The maximum atomic E-state index is 13.8. The predicted octanol–water partition coefficient (Wildman–Crippen LogP) is 5.45. The van der Waals surface area contributed by atoms with E-state index in [9.17, 15) is 9.65 Å². The van der Waals surface area contributed by atoms with E-state index in [2.05, 4.69) is 6.07 Å². The number of hydrogen-bond donors (Lipinski definition) is 0. The van der Waals surface area contributed by atoms with Gasteiger partial charge in [0, 0.05) is 10.9 Å². The summed E-state index contributed by atoms with van der Waals surface area (Å²) in [5, 5.41) is 11.5. The third kappa shape index (κ3) is 3.55. The Bertz CT molecular complexity index is 864. The number of benzene rings is 3. The van der Waals surface area contributed by atoms with Crippen LogP contribution < -0.4 is 4.74 Å². The lowest BCUT2D eigenvalue weighted by molar-refractivity contribution is 0.308. The lowest BCUT2D eigenvalue weighted by Crippen LogP contribution is -2.04. The Balaban J connectivity index is 1.60. The second-order valence-corrected chi connectivity index (χ2v) is 5.67. The number of rotatable bonds is 6. The third-order valence-electron chi connectivity index (χ3n) is 4.08. The number of halogens is 1. The van der Waals surface area contributed by atoms with Crippen molar-refractivity contribution < 1.29 is 9.13 Å². The first-order valence-electron chi connectivity index (χ1n) is 8.04. The summed E-state index contributed by atoms with van der Waals surface area (Å²) in [5.41, 5.74) is 0.463. The average molecular weight is 319 g/mol. The molecule has 0 aliphatic heterocycles. The molecule has 3 aromatic carbocycles. The molecule has 0 aliphatic carbocycles. The van der Waals surface area contributed by atoms with Gasteiger partial charge in [-0.05, 0) is 30.4 Å². The van der Waals surface area contributed by atoms with Gasteiger partial charge in [-0.25, -0.2) is 4.39 Å². The largest absolute Gasteiger partial charge is 0.493 e. The molecule has 1 atom stereocenters. The molecule has 0 bridgehead atoms. The molecule has 0 aliphatic rings. The van der Waals surface area contributed by atoms with Crippen molar-refractivity contribution in [2.75, 3.05) is 6.61 Å². The third-order valence-corrected chi connectivity index (χ3v) is 4.08. The Morgan fingerprint density at radius 2 is 1.71 bits per heavy atom. The van der Waals surface area contributed by atoms with Crippen molar-refractivity contribution in [3.63, 3.8) is 0 Å². The molecular formula is C21H18FNO. The molecule has 0 spiro atoms. The topological polar surface area (TPSA) is 33.0 Å². The highest BCUT2D eigenvalue weighted by Crippen LogP contribution is 2.26. The first-order chi connectivity index (χ1) is 11.8. The average Bonchev–Trinajstić information content (AvgIpc) is 2.63. The maximum absolute atomic E-state index is 13.8. The molecule has 3 heteroatoms. The zero-order valence-corrected chi connectivity index (χ0v) is 13.3. The van der Waals surface area contributed by atoms with Crippen LogP contribution in [0.4, 0.5) is 4.39 Å². The molecule has 3 aromatic rings. The fraction of sp³-hybridized carbons (Fsp3) is 0.190. The molecule has 3 rings (SSSR count). The van der Waals surface area contributed by atoms with Crippen LogP contribution in [0.3, 0.4) is 0 Å². The van der Waals surface area contributed by atoms with E-state index < -0.39 is 5.92 Å². The van der Waals surface area contributed by atoms with E-state index in [0.717, 1.165) is 16.5 Å². The van der Waals surface area contributed by atoms with Crippen molar-refractivity contribution in [2.24, 2.45) is 0 Å². The number of fused-ring (bicyclic) bond motifs is 1. The molecular weight excluding hydrogens is 301 g/mol. The summed E-state index contributed by atoms with van der Waals surface area (Å²) < 4.78 is 19.7. The van der Waals surface area contributed by atoms with E-state index in [1.807, 2.05) is 42.5 Å². The van der Waals surface area contributed by atoms with E-state index >= 15 is 0 Å². The van der Waals surface area contributed by atoms with Crippen molar-refractivity contribution in [3.8, 4) is 11.8 Å². The summed E-state index contributed by atoms with van der Waals surface area (Å²) in [4.78, 5) is 0. The number of ether oxygens (including phenoxy) is 1. The van der Waals surface area contributed by atoms with Gasteiger partial charge in [-0.3, -0.25) is 0 Å². The zero-order chi connectivity index (χ0) is 16.8. The van der Waals surface area contributed by atoms with Gasteiger partial charge in [-0.2, -0.15) is 5.26 Å². The van der Waals surface area contributed by atoms with E-state index in [1.165, 1.54) is 6.07 Å². The van der Waals surface area contributed by atoms with Gasteiger partial charge < -0.3 is 4.74 Å².